The van der Waals surface area contributed by atoms with Crippen LogP contribution in [0.4, 0.5) is 10.4 Å². The molecule has 1 saturated heterocycles. The highest BCUT2D eigenvalue weighted by Crippen LogP contribution is 2.11. The van der Waals surface area contributed by atoms with Gasteiger partial charge in [0, 0.05) is 32.1 Å². The van der Waals surface area contributed by atoms with Crippen molar-refractivity contribution in [2.24, 2.45) is 0 Å². The lowest BCUT2D eigenvalue weighted by atomic mass is 10.1. The van der Waals surface area contributed by atoms with Crippen molar-refractivity contribution in [3.05, 3.63) is 41.5 Å². The van der Waals surface area contributed by atoms with Crippen molar-refractivity contribution in [1.29, 1.82) is 0 Å². The van der Waals surface area contributed by atoms with Gasteiger partial charge in [0.15, 0.2) is 5.82 Å². The lowest BCUT2D eigenvalue weighted by Gasteiger charge is -2.28. The molecule has 23 heavy (non-hydrogen) atoms. The van der Waals surface area contributed by atoms with Crippen LogP contribution < -0.4 is 5.32 Å². The number of aromatic nitrogens is 2. The number of hydrogen-bond acceptors (Lipinski definition) is 6. The maximum Gasteiger partial charge on any atom is 0.321 e. The average Bonchev–Trinajstić information content (AvgIpc) is 2.97. The van der Waals surface area contributed by atoms with Crippen molar-refractivity contribution in [2.75, 3.05) is 38.2 Å². The summed E-state index contributed by atoms with van der Waals surface area (Å²) in [5, 5.41) is 7.18. The largest absolute Gasteiger partial charge is 0.379 e. The number of nitrogens with zero attached hydrogens (tertiary/aromatic N) is 3. The van der Waals surface area contributed by atoms with Gasteiger partial charge < -0.3 is 14.6 Å². The Morgan fingerprint density at radius 3 is 2.74 bits per heavy atom. The molecule has 7 heteroatoms. The van der Waals surface area contributed by atoms with Crippen LogP contribution in [0.5, 0.6) is 0 Å². The van der Waals surface area contributed by atoms with Crippen LogP contribution >= 0.6 is 0 Å². The minimum Gasteiger partial charge on any atom is -0.379 e. The number of hydrogen-bond donors (Lipinski definition) is 1. The summed E-state index contributed by atoms with van der Waals surface area (Å²) < 4.78 is 23.5. The molecule has 3 rings (SSSR count). The van der Waals surface area contributed by atoms with E-state index in [1.54, 1.807) is 12.1 Å². The zero-order valence-corrected chi connectivity index (χ0v) is 13.2. The molecular formula is C16H21FN4O2. The van der Waals surface area contributed by atoms with Crippen LogP contribution in [0.2, 0.25) is 0 Å². The standard InChI is InChI=1S/C16H21FN4O2/c1-12(11-21-6-8-22-9-7-21)18-16-19-15(20-23-16)10-13-2-4-14(17)5-3-13/h2-5,12H,6-11H2,1H3,(H,18,19,20). The van der Waals surface area contributed by atoms with E-state index in [1.165, 1.54) is 12.1 Å². The lowest BCUT2D eigenvalue weighted by Crippen LogP contribution is -2.42. The van der Waals surface area contributed by atoms with Crippen LogP contribution in [0.3, 0.4) is 0 Å². The second-order valence-corrected chi connectivity index (χ2v) is 5.78. The molecule has 0 amide bonds. The van der Waals surface area contributed by atoms with Crippen molar-refractivity contribution in [3.63, 3.8) is 0 Å². The van der Waals surface area contributed by atoms with Crippen molar-refractivity contribution >= 4 is 6.01 Å². The van der Waals surface area contributed by atoms with Gasteiger partial charge in [0.25, 0.3) is 0 Å². The van der Waals surface area contributed by atoms with Gasteiger partial charge in [-0.15, -0.1) is 0 Å². The van der Waals surface area contributed by atoms with E-state index in [0.29, 0.717) is 18.3 Å². The van der Waals surface area contributed by atoms with Gasteiger partial charge in [-0.1, -0.05) is 17.3 Å². The fourth-order valence-corrected chi connectivity index (χ4v) is 2.60. The number of nitrogens with one attached hydrogen (secondary N) is 1. The number of benzene rings is 1. The molecule has 1 unspecified atom stereocenters. The third-order valence-electron chi connectivity index (χ3n) is 3.75. The summed E-state index contributed by atoms with van der Waals surface area (Å²) in [7, 11) is 0. The fraction of sp³-hybridized carbons (Fsp3) is 0.500. The minimum absolute atomic E-state index is 0.201. The highest BCUT2D eigenvalue weighted by Gasteiger charge is 2.15. The minimum atomic E-state index is -0.249. The van der Waals surface area contributed by atoms with Crippen LogP contribution in [0, 0.1) is 5.82 Å². The second-order valence-electron chi connectivity index (χ2n) is 5.78. The van der Waals surface area contributed by atoms with Gasteiger partial charge in [-0.3, -0.25) is 4.90 Å². The first kappa shape index (κ1) is 15.9. The molecule has 0 saturated carbocycles. The molecule has 0 aliphatic carbocycles. The summed E-state index contributed by atoms with van der Waals surface area (Å²) in [6.07, 6.45) is 0.517. The molecule has 2 heterocycles. The van der Waals surface area contributed by atoms with Crippen molar-refractivity contribution < 1.29 is 13.7 Å². The van der Waals surface area contributed by atoms with Gasteiger partial charge >= 0.3 is 6.01 Å². The average molecular weight is 320 g/mol. The summed E-state index contributed by atoms with van der Waals surface area (Å²) in [6.45, 7) is 6.46. The molecule has 0 radical (unpaired) electrons. The molecule has 124 valence electrons. The van der Waals surface area contributed by atoms with E-state index in [-0.39, 0.29) is 11.9 Å². The van der Waals surface area contributed by atoms with Gasteiger partial charge in [-0.05, 0) is 24.6 Å². The van der Waals surface area contributed by atoms with Crippen molar-refractivity contribution in [2.45, 2.75) is 19.4 Å². The molecule has 2 aromatic rings. The smallest absolute Gasteiger partial charge is 0.321 e. The van der Waals surface area contributed by atoms with E-state index in [0.717, 1.165) is 38.4 Å². The highest BCUT2D eigenvalue weighted by molar-refractivity contribution is 5.24. The molecule has 1 aromatic carbocycles. The summed E-state index contributed by atoms with van der Waals surface area (Å²) in [5.41, 5.74) is 0.945. The summed E-state index contributed by atoms with van der Waals surface area (Å²) in [4.78, 5) is 6.68. The van der Waals surface area contributed by atoms with Gasteiger partial charge in [0.05, 0.1) is 13.2 Å². The van der Waals surface area contributed by atoms with Crippen LogP contribution in [0.15, 0.2) is 28.8 Å². The summed E-state index contributed by atoms with van der Waals surface area (Å²) >= 11 is 0. The molecule has 1 fully saturated rings. The summed E-state index contributed by atoms with van der Waals surface area (Å²) in [6, 6.07) is 6.92. The van der Waals surface area contributed by atoms with Gasteiger partial charge in [0.1, 0.15) is 5.82 Å². The van der Waals surface area contributed by atoms with E-state index < -0.39 is 0 Å². The number of morpholine rings is 1. The zero-order chi connectivity index (χ0) is 16.1. The topological polar surface area (TPSA) is 63.4 Å². The van der Waals surface area contributed by atoms with Crippen LogP contribution in [-0.4, -0.2) is 53.9 Å². The van der Waals surface area contributed by atoms with Crippen LogP contribution in [0.1, 0.15) is 18.3 Å². The number of halogens is 1. The molecule has 1 aliphatic heterocycles. The SMILES string of the molecule is CC(CN1CCOCC1)Nc1nc(Cc2ccc(F)cc2)no1. The quantitative estimate of drug-likeness (QED) is 0.877. The van der Waals surface area contributed by atoms with Crippen LogP contribution in [0.25, 0.3) is 0 Å². The Balaban J connectivity index is 1.51. The van der Waals surface area contributed by atoms with Crippen molar-refractivity contribution in [3.8, 4) is 0 Å². The Labute approximate surface area is 134 Å². The Kier molecular flexibility index (Phi) is 5.19. The third-order valence-corrected chi connectivity index (χ3v) is 3.75. The van der Waals surface area contributed by atoms with Crippen LogP contribution in [-0.2, 0) is 11.2 Å². The van der Waals surface area contributed by atoms with Gasteiger partial charge in [-0.2, -0.15) is 4.98 Å². The number of rotatable bonds is 6. The van der Waals surface area contributed by atoms with Gasteiger partial charge in [0.2, 0.25) is 0 Å². The Hall–Kier alpha value is -1.99. The first-order valence-electron chi connectivity index (χ1n) is 7.83. The number of anilines is 1. The van der Waals surface area contributed by atoms with E-state index in [2.05, 4.69) is 27.3 Å². The molecule has 1 aromatic heterocycles. The monoisotopic (exact) mass is 320 g/mol. The maximum atomic E-state index is 12.9. The first-order chi connectivity index (χ1) is 11.2. The number of ether oxygens (including phenoxy) is 1. The molecule has 0 spiro atoms. The second kappa shape index (κ2) is 7.52. The molecule has 1 N–H and O–H groups in total. The fourth-order valence-electron chi connectivity index (χ4n) is 2.60. The predicted octanol–water partition coefficient (Wildman–Crippen LogP) is 1.93. The van der Waals surface area contributed by atoms with E-state index in [1.807, 2.05) is 0 Å². The normalized spacial score (nSPS) is 17.1. The Bertz CT molecular complexity index is 611. The van der Waals surface area contributed by atoms with E-state index >= 15 is 0 Å². The molecule has 0 bridgehead atoms. The van der Waals surface area contributed by atoms with E-state index in [4.69, 9.17) is 9.26 Å². The Morgan fingerprint density at radius 1 is 1.26 bits per heavy atom. The molecule has 6 nitrogen and oxygen atoms in total. The maximum absolute atomic E-state index is 12.9. The highest BCUT2D eigenvalue weighted by atomic mass is 19.1. The molecular weight excluding hydrogens is 299 g/mol. The van der Waals surface area contributed by atoms with Gasteiger partial charge in [-0.25, -0.2) is 4.39 Å². The van der Waals surface area contributed by atoms with Crippen molar-refractivity contribution in [1.82, 2.24) is 15.0 Å². The first-order valence-corrected chi connectivity index (χ1v) is 7.83. The lowest BCUT2D eigenvalue weighted by molar-refractivity contribution is 0.0367. The van der Waals surface area contributed by atoms with E-state index in [9.17, 15) is 4.39 Å². The molecule has 1 atom stereocenters. The zero-order valence-electron chi connectivity index (χ0n) is 13.2. The Morgan fingerprint density at radius 2 is 2.00 bits per heavy atom. The third kappa shape index (κ3) is 4.74. The predicted molar refractivity (Wildman–Crippen MR) is 83.8 cm³/mol. The summed E-state index contributed by atoms with van der Waals surface area (Å²) in [5.74, 6) is 0.332. The molecule has 1 aliphatic rings.